The largest absolute Gasteiger partial charge is 0.386 e. The molecule has 8 nitrogen and oxygen atoms in total. The third-order valence-electron chi connectivity index (χ3n) is 5.98. The van der Waals surface area contributed by atoms with Crippen molar-refractivity contribution in [1.82, 2.24) is 4.98 Å². The monoisotopic (exact) mass is 469 g/mol. The fourth-order valence-electron chi connectivity index (χ4n) is 4.02. The van der Waals surface area contributed by atoms with Crippen molar-refractivity contribution in [3.63, 3.8) is 0 Å². The molecule has 8 heteroatoms. The Bertz CT molecular complexity index is 1320. The molecule has 0 unspecified atom stereocenters. The fourth-order valence-corrected chi connectivity index (χ4v) is 4.02. The van der Waals surface area contributed by atoms with E-state index in [4.69, 9.17) is 11.5 Å². The first-order valence-corrected chi connectivity index (χ1v) is 11.7. The number of fused-ring (bicyclic) bond motifs is 2. The topological polar surface area (TPSA) is 100 Å². The lowest BCUT2D eigenvalue weighted by Gasteiger charge is -2.15. The van der Waals surface area contributed by atoms with Gasteiger partial charge in [-0.15, -0.1) is 10.2 Å². The molecule has 0 spiro atoms. The molecule has 180 valence electrons. The highest BCUT2D eigenvalue weighted by atomic mass is 15.3. The van der Waals surface area contributed by atoms with Crippen molar-refractivity contribution in [2.75, 3.05) is 38.0 Å². The minimum Gasteiger partial charge on any atom is -0.386 e. The van der Waals surface area contributed by atoms with E-state index in [1.807, 2.05) is 12.1 Å². The van der Waals surface area contributed by atoms with Gasteiger partial charge in [0.1, 0.15) is 18.1 Å². The van der Waals surface area contributed by atoms with Crippen LogP contribution in [0.1, 0.15) is 18.5 Å². The summed E-state index contributed by atoms with van der Waals surface area (Å²) in [6.07, 6.45) is 3.08. The van der Waals surface area contributed by atoms with Crippen LogP contribution in [0.2, 0.25) is 0 Å². The van der Waals surface area contributed by atoms with E-state index >= 15 is 0 Å². The Morgan fingerprint density at radius 1 is 0.829 bits per heavy atom. The van der Waals surface area contributed by atoms with E-state index in [0.29, 0.717) is 18.0 Å². The quantitative estimate of drug-likeness (QED) is 0.136. The summed E-state index contributed by atoms with van der Waals surface area (Å²) in [4.78, 5) is 8.43. The summed E-state index contributed by atoms with van der Waals surface area (Å²) in [5.74, 6) is 0.687. The van der Waals surface area contributed by atoms with Gasteiger partial charge in [0.25, 0.3) is 0 Å². The van der Waals surface area contributed by atoms with Gasteiger partial charge in [-0.2, -0.15) is 4.57 Å². The first-order valence-electron chi connectivity index (χ1n) is 11.7. The Balaban J connectivity index is 1.64. The lowest BCUT2D eigenvalue weighted by atomic mass is 10.1. The molecule has 4 N–H and O–H groups in total. The molecule has 0 bridgehead atoms. The molecule has 0 aliphatic carbocycles. The normalized spacial score (nSPS) is 12.3. The van der Waals surface area contributed by atoms with Crippen molar-refractivity contribution >= 4 is 44.9 Å². The number of hydrogen-bond acceptors (Lipinski definition) is 5. The predicted octanol–water partition coefficient (Wildman–Crippen LogP) is 3.27. The molecule has 2 heterocycles. The standard InChI is InChI=1S/C27H33N8/c1-33(2)21-12-10-19-16-20-11-13-22(34(3)4)18-25(20)35(24(19)17-21)15-7-9-26(28)31-32-27(29)23-8-5-6-14-30-23/h5-6,8,10-14,16-18H,7,9,15H2,1-4H3,(H2,28,31)(H2,29,32)/q+1. The van der Waals surface area contributed by atoms with E-state index in [9.17, 15) is 0 Å². The van der Waals surface area contributed by atoms with E-state index < -0.39 is 0 Å². The Morgan fingerprint density at radius 3 is 2.00 bits per heavy atom. The average molecular weight is 470 g/mol. The zero-order valence-electron chi connectivity index (χ0n) is 20.8. The van der Waals surface area contributed by atoms with Crippen molar-refractivity contribution in [3.05, 3.63) is 72.6 Å². The Morgan fingerprint density at radius 2 is 1.46 bits per heavy atom. The van der Waals surface area contributed by atoms with Crippen LogP contribution >= 0.6 is 0 Å². The van der Waals surface area contributed by atoms with Gasteiger partial charge in [0.05, 0.1) is 0 Å². The molecule has 4 rings (SSSR count). The fraction of sp³-hybridized carbons (Fsp3) is 0.259. The maximum Gasteiger partial charge on any atom is 0.215 e. The van der Waals surface area contributed by atoms with Gasteiger partial charge >= 0.3 is 0 Å². The van der Waals surface area contributed by atoms with Crippen molar-refractivity contribution in [3.8, 4) is 0 Å². The van der Waals surface area contributed by atoms with Gasteiger partial charge in [-0.05, 0) is 42.5 Å². The van der Waals surface area contributed by atoms with Gasteiger partial charge in [0.15, 0.2) is 5.84 Å². The van der Waals surface area contributed by atoms with Crippen molar-refractivity contribution in [2.45, 2.75) is 19.4 Å². The third kappa shape index (κ3) is 5.48. The average Bonchev–Trinajstić information content (AvgIpc) is 2.86. The molecule has 0 fully saturated rings. The van der Waals surface area contributed by atoms with Gasteiger partial charge < -0.3 is 21.3 Å². The number of hydrogen-bond donors (Lipinski definition) is 2. The van der Waals surface area contributed by atoms with Crippen LogP contribution in [-0.2, 0) is 6.54 Å². The second kappa shape index (κ2) is 10.4. The lowest BCUT2D eigenvalue weighted by molar-refractivity contribution is -0.645. The summed E-state index contributed by atoms with van der Waals surface area (Å²) >= 11 is 0. The maximum absolute atomic E-state index is 6.16. The number of benzene rings is 2. The van der Waals surface area contributed by atoms with Gasteiger partial charge in [0.2, 0.25) is 11.0 Å². The molecule has 0 aliphatic rings. The highest BCUT2D eigenvalue weighted by molar-refractivity contribution is 5.96. The first-order chi connectivity index (χ1) is 16.8. The van der Waals surface area contributed by atoms with Crippen LogP contribution in [0.4, 0.5) is 11.4 Å². The SMILES string of the molecule is CN(C)c1ccc2cc3ccc(N(C)C)cc3[n+](CCC/C(N)=N/N=C(\N)c3ccccn3)c2c1. The second-order valence-electron chi connectivity index (χ2n) is 8.97. The molecule has 0 saturated heterocycles. The molecule has 0 aliphatic heterocycles. The number of amidine groups is 2. The summed E-state index contributed by atoms with van der Waals surface area (Å²) in [5, 5.41) is 10.6. The molecule has 0 atom stereocenters. The van der Waals surface area contributed by atoms with Crippen LogP contribution in [0.5, 0.6) is 0 Å². The van der Waals surface area contributed by atoms with Crippen LogP contribution < -0.4 is 25.8 Å². The number of aryl methyl sites for hydroxylation is 1. The molecule has 2 aromatic heterocycles. The zero-order valence-corrected chi connectivity index (χ0v) is 20.8. The van der Waals surface area contributed by atoms with Crippen LogP contribution in [0, 0.1) is 0 Å². The molecule has 4 aromatic rings. The van der Waals surface area contributed by atoms with Crippen molar-refractivity contribution < 1.29 is 4.57 Å². The van der Waals surface area contributed by atoms with Crippen LogP contribution in [-0.4, -0.2) is 44.8 Å². The molecule has 0 radical (unpaired) electrons. The number of nitrogens with two attached hydrogens (primary N) is 2. The number of anilines is 2. The molecular formula is C27H33N8+. The summed E-state index contributed by atoms with van der Waals surface area (Å²) in [6.45, 7) is 0.789. The highest BCUT2D eigenvalue weighted by Crippen LogP contribution is 2.25. The highest BCUT2D eigenvalue weighted by Gasteiger charge is 2.17. The minimum absolute atomic E-state index is 0.246. The summed E-state index contributed by atoms with van der Waals surface area (Å²) < 4.78 is 2.38. The maximum atomic E-state index is 6.16. The summed E-state index contributed by atoms with van der Waals surface area (Å²) in [7, 11) is 8.24. The smallest absolute Gasteiger partial charge is 0.215 e. The number of pyridine rings is 2. The van der Waals surface area contributed by atoms with Crippen LogP contribution in [0.3, 0.4) is 0 Å². The Hall–Kier alpha value is -4.20. The summed E-state index contributed by atoms with van der Waals surface area (Å²) in [5.41, 5.74) is 17.4. The molecular weight excluding hydrogens is 436 g/mol. The molecule has 0 saturated carbocycles. The molecule has 35 heavy (non-hydrogen) atoms. The minimum atomic E-state index is 0.246. The van der Waals surface area contributed by atoms with Crippen LogP contribution in [0.15, 0.2) is 77.1 Å². The molecule has 0 amide bonds. The van der Waals surface area contributed by atoms with E-state index in [-0.39, 0.29) is 5.84 Å². The van der Waals surface area contributed by atoms with Gasteiger partial charge in [-0.3, -0.25) is 4.98 Å². The van der Waals surface area contributed by atoms with Crippen LogP contribution in [0.25, 0.3) is 21.8 Å². The number of aromatic nitrogens is 2. The third-order valence-corrected chi connectivity index (χ3v) is 5.98. The van der Waals surface area contributed by atoms with E-state index in [2.05, 4.69) is 100 Å². The zero-order chi connectivity index (χ0) is 24.9. The van der Waals surface area contributed by atoms with Crippen molar-refractivity contribution in [1.29, 1.82) is 0 Å². The van der Waals surface area contributed by atoms with Gasteiger partial charge in [-0.25, -0.2) is 0 Å². The molecule has 2 aromatic carbocycles. The van der Waals surface area contributed by atoms with Gasteiger partial charge in [0, 0.05) is 81.5 Å². The Labute approximate surface area is 206 Å². The predicted molar refractivity (Wildman–Crippen MR) is 146 cm³/mol. The van der Waals surface area contributed by atoms with Crippen molar-refractivity contribution in [2.24, 2.45) is 21.7 Å². The van der Waals surface area contributed by atoms with E-state index in [1.165, 1.54) is 21.8 Å². The number of rotatable bonds is 8. The number of nitrogens with zero attached hydrogens (tertiary/aromatic N) is 6. The first kappa shape index (κ1) is 23.9. The second-order valence-corrected chi connectivity index (χ2v) is 8.97. The van der Waals surface area contributed by atoms with E-state index in [0.717, 1.165) is 24.3 Å². The van der Waals surface area contributed by atoms with E-state index in [1.54, 1.807) is 12.3 Å². The van der Waals surface area contributed by atoms with Gasteiger partial charge in [-0.1, -0.05) is 6.07 Å². The summed E-state index contributed by atoms with van der Waals surface area (Å²) in [6, 6.07) is 20.9. The lowest BCUT2D eigenvalue weighted by Crippen LogP contribution is -2.36. The Kier molecular flexibility index (Phi) is 7.10.